The molecule has 104 valence electrons. The molecule has 0 bridgehead atoms. The highest BCUT2D eigenvalue weighted by Gasteiger charge is 2.16. The van der Waals surface area contributed by atoms with Crippen molar-refractivity contribution in [2.75, 3.05) is 32.0 Å². The van der Waals surface area contributed by atoms with E-state index in [0.717, 1.165) is 28.2 Å². The molecular weight excluding hydrogens is 322 g/mol. The molecule has 1 aliphatic heterocycles. The maximum atomic E-state index is 5.62. The summed E-state index contributed by atoms with van der Waals surface area (Å²) >= 11 is 8.54. The zero-order chi connectivity index (χ0) is 13.8. The van der Waals surface area contributed by atoms with E-state index in [0.29, 0.717) is 4.99 Å². The van der Waals surface area contributed by atoms with Crippen molar-refractivity contribution in [3.8, 4) is 0 Å². The van der Waals surface area contributed by atoms with Crippen molar-refractivity contribution in [2.24, 2.45) is 11.7 Å². The van der Waals surface area contributed by atoms with Gasteiger partial charge in [-0.2, -0.15) is 0 Å². The number of anilines is 1. The van der Waals surface area contributed by atoms with Crippen LogP contribution < -0.4 is 11.1 Å². The van der Waals surface area contributed by atoms with Crippen molar-refractivity contribution in [3.05, 3.63) is 28.2 Å². The van der Waals surface area contributed by atoms with E-state index in [-0.39, 0.29) is 0 Å². The highest BCUT2D eigenvalue weighted by atomic mass is 79.9. The Kier molecular flexibility index (Phi) is 5.19. The Morgan fingerprint density at radius 3 is 2.74 bits per heavy atom. The van der Waals surface area contributed by atoms with Crippen molar-refractivity contribution < 1.29 is 0 Å². The number of piperidine rings is 1. The number of thiocarbonyl (C=S) groups is 1. The Bertz CT molecular complexity index is 456. The number of hydrogen-bond donors (Lipinski definition) is 2. The fraction of sp³-hybridized carbons (Fsp3) is 0.500. The predicted octanol–water partition coefficient (Wildman–Crippen LogP) is 2.84. The summed E-state index contributed by atoms with van der Waals surface area (Å²) in [6.07, 6.45) is 2.54. The molecule has 1 heterocycles. The Labute approximate surface area is 128 Å². The molecule has 0 aromatic heterocycles. The second-order valence-corrected chi connectivity index (χ2v) is 6.48. The van der Waals surface area contributed by atoms with E-state index >= 15 is 0 Å². The third kappa shape index (κ3) is 4.16. The van der Waals surface area contributed by atoms with E-state index in [2.05, 4.69) is 33.2 Å². The zero-order valence-corrected chi connectivity index (χ0v) is 13.6. The summed E-state index contributed by atoms with van der Waals surface area (Å²) in [6.45, 7) is 3.43. The molecule has 1 saturated heterocycles. The average Bonchev–Trinajstić information content (AvgIpc) is 2.39. The summed E-state index contributed by atoms with van der Waals surface area (Å²) in [5.41, 5.74) is 7.63. The molecule has 1 aromatic rings. The van der Waals surface area contributed by atoms with Gasteiger partial charge in [0.1, 0.15) is 4.99 Å². The molecule has 3 N–H and O–H groups in total. The SMILES string of the molecule is CN1CCC(CNc2ccc(C(N)=S)cc2Br)CC1. The zero-order valence-electron chi connectivity index (χ0n) is 11.2. The first-order valence-corrected chi connectivity index (χ1v) is 7.78. The summed E-state index contributed by atoms with van der Waals surface area (Å²) in [6, 6.07) is 5.97. The van der Waals surface area contributed by atoms with Crippen LogP contribution >= 0.6 is 28.1 Å². The van der Waals surface area contributed by atoms with Gasteiger partial charge in [0, 0.05) is 22.3 Å². The van der Waals surface area contributed by atoms with E-state index in [1.807, 2.05) is 18.2 Å². The molecule has 0 radical (unpaired) electrons. The Morgan fingerprint density at radius 2 is 2.16 bits per heavy atom. The van der Waals surface area contributed by atoms with Crippen LogP contribution in [0.25, 0.3) is 0 Å². The highest BCUT2D eigenvalue weighted by Crippen LogP contribution is 2.25. The quantitative estimate of drug-likeness (QED) is 0.826. The summed E-state index contributed by atoms with van der Waals surface area (Å²) < 4.78 is 1.02. The van der Waals surface area contributed by atoms with Crippen LogP contribution in [0.5, 0.6) is 0 Å². The molecule has 3 nitrogen and oxygen atoms in total. The number of nitrogens with two attached hydrogens (primary N) is 1. The maximum Gasteiger partial charge on any atom is 0.104 e. The molecule has 5 heteroatoms. The average molecular weight is 342 g/mol. The minimum Gasteiger partial charge on any atom is -0.389 e. The molecule has 0 aliphatic carbocycles. The number of nitrogens with one attached hydrogen (secondary N) is 1. The lowest BCUT2D eigenvalue weighted by atomic mass is 9.97. The molecule has 0 atom stereocenters. The standard InChI is InChI=1S/C14H20BrN3S/c1-18-6-4-10(5-7-18)9-17-13-3-2-11(14(16)19)8-12(13)15/h2-3,8,10,17H,4-7,9H2,1H3,(H2,16,19). The van der Waals surface area contributed by atoms with Crippen LogP contribution in [0.15, 0.2) is 22.7 Å². The molecule has 0 amide bonds. The highest BCUT2D eigenvalue weighted by molar-refractivity contribution is 9.10. The monoisotopic (exact) mass is 341 g/mol. The molecule has 1 fully saturated rings. The van der Waals surface area contributed by atoms with Crippen LogP contribution in [-0.4, -0.2) is 36.6 Å². The fourth-order valence-corrected chi connectivity index (χ4v) is 2.98. The number of benzene rings is 1. The maximum absolute atomic E-state index is 5.62. The summed E-state index contributed by atoms with van der Waals surface area (Å²) in [4.78, 5) is 2.83. The molecule has 1 aliphatic rings. The second-order valence-electron chi connectivity index (χ2n) is 5.19. The number of nitrogens with zero attached hydrogens (tertiary/aromatic N) is 1. The normalized spacial score (nSPS) is 17.4. The number of halogens is 1. The van der Waals surface area contributed by atoms with E-state index in [1.54, 1.807) is 0 Å². The Balaban J connectivity index is 1.91. The van der Waals surface area contributed by atoms with Crippen LogP contribution in [0.1, 0.15) is 18.4 Å². The van der Waals surface area contributed by atoms with Gasteiger partial charge in [0.05, 0.1) is 0 Å². The van der Waals surface area contributed by atoms with Gasteiger partial charge in [0.25, 0.3) is 0 Å². The minimum absolute atomic E-state index is 0.433. The van der Waals surface area contributed by atoms with Gasteiger partial charge in [-0.05, 0) is 73.0 Å². The van der Waals surface area contributed by atoms with E-state index in [4.69, 9.17) is 18.0 Å². The smallest absolute Gasteiger partial charge is 0.104 e. The first-order valence-electron chi connectivity index (χ1n) is 6.58. The summed E-state index contributed by atoms with van der Waals surface area (Å²) in [5.74, 6) is 0.762. The topological polar surface area (TPSA) is 41.3 Å². The molecule has 0 unspecified atom stereocenters. The van der Waals surface area contributed by atoms with Crippen LogP contribution in [0, 0.1) is 5.92 Å². The number of likely N-dealkylation sites (tertiary alicyclic amines) is 1. The predicted molar refractivity (Wildman–Crippen MR) is 88.7 cm³/mol. The molecule has 19 heavy (non-hydrogen) atoms. The lowest BCUT2D eigenvalue weighted by Crippen LogP contribution is -2.33. The van der Waals surface area contributed by atoms with Crippen LogP contribution in [0.3, 0.4) is 0 Å². The van der Waals surface area contributed by atoms with Crippen LogP contribution in [0.4, 0.5) is 5.69 Å². The van der Waals surface area contributed by atoms with Gasteiger partial charge >= 0.3 is 0 Å². The van der Waals surface area contributed by atoms with Gasteiger partial charge in [-0.25, -0.2) is 0 Å². The minimum atomic E-state index is 0.433. The fourth-order valence-electron chi connectivity index (χ4n) is 2.33. The summed E-state index contributed by atoms with van der Waals surface area (Å²) in [7, 11) is 2.19. The first kappa shape index (κ1) is 14.8. The lowest BCUT2D eigenvalue weighted by Gasteiger charge is -2.29. The summed E-state index contributed by atoms with van der Waals surface area (Å²) in [5, 5.41) is 3.51. The molecule has 2 rings (SSSR count). The number of hydrogen-bond acceptors (Lipinski definition) is 3. The van der Waals surface area contributed by atoms with E-state index in [1.165, 1.54) is 25.9 Å². The van der Waals surface area contributed by atoms with Crippen molar-refractivity contribution in [1.82, 2.24) is 4.90 Å². The molecule has 0 spiro atoms. The third-order valence-corrected chi connectivity index (χ3v) is 4.56. The van der Waals surface area contributed by atoms with Gasteiger partial charge in [-0.3, -0.25) is 0 Å². The molecule has 0 saturated carbocycles. The first-order chi connectivity index (χ1) is 9.06. The van der Waals surface area contributed by atoms with Gasteiger partial charge in [-0.15, -0.1) is 0 Å². The van der Waals surface area contributed by atoms with Crippen molar-refractivity contribution in [3.63, 3.8) is 0 Å². The van der Waals surface area contributed by atoms with Gasteiger partial charge < -0.3 is 16.0 Å². The van der Waals surface area contributed by atoms with Gasteiger partial charge in [0.2, 0.25) is 0 Å². The van der Waals surface area contributed by atoms with Crippen molar-refractivity contribution in [1.29, 1.82) is 0 Å². The number of rotatable bonds is 4. The second kappa shape index (κ2) is 6.68. The lowest BCUT2D eigenvalue weighted by molar-refractivity contribution is 0.226. The Morgan fingerprint density at radius 1 is 1.47 bits per heavy atom. The van der Waals surface area contributed by atoms with E-state index < -0.39 is 0 Å². The van der Waals surface area contributed by atoms with Crippen LogP contribution in [-0.2, 0) is 0 Å². The Hall–Kier alpha value is -0.650. The van der Waals surface area contributed by atoms with Gasteiger partial charge in [-0.1, -0.05) is 12.2 Å². The van der Waals surface area contributed by atoms with Crippen molar-refractivity contribution in [2.45, 2.75) is 12.8 Å². The van der Waals surface area contributed by atoms with E-state index in [9.17, 15) is 0 Å². The van der Waals surface area contributed by atoms with Crippen LogP contribution in [0.2, 0.25) is 0 Å². The van der Waals surface area contributed by atoms with Crippen molar-refractivity contribution >= 4 is 38.8 Å². The van der Waals surface area contributed by atoms with Gasteiger partial charge in [0.15, 0.2) is 0 Å². The largest absolute Gasteiger partial charge is 0.389 e. The molecule has 1 aromatic carbocycles. The molecular formula is C14H20BrN3S. The third-order valence-electron chi connectivity index (χ3n) is 3.67.